The van der Waals surface area contributed by atoms with Gasteiger partial charge in [0.25, 0.3) is 0 Å². The first-order chi connectivity index (χ1) is 15.4. The number of nitrogens with one attached hydrogen (secondary N) is 1. The van der Waals surface area contributed by atoms with E-state index in [1.54, 1.807) is 29.8 Å². The minimum Gasteiger partial charge on any atom is -0.506 e. The molecule has 0 saturated carbocycles. The van der Waals surface area contributed by atoms with Crippen LogP contribution in [0.15, 0.2) is 42.7 Å². The van der Waals surface area contributed by atoms with Crippen LogP contribution in [-0.2, 0) is 9.84 Å². The van der Waals surface area contributed by atoms with Crippen molar-refractivity contribution in [3.8, 4) is 17.0 Å². The lowest BCUT2D eigenvalue weighted by Crippen LogP contribution is -2.47. The summed E-state index contributed by atoms with van der Waals surface area (Å²) < 4.78 is 25.0. The molecule has 1 saturated heterocycles. The first kappa shape index (κ1) is 23.0. The van der Waals surface area contributed by atoms with Gasteiger partial charge in [-0.2, -0.15) is 5.10 Å². The Morgan fingerprint density at radius 1 is 1.30 bits per heavy atom. The van der Waals surface area contributed by atoms with Gasteiger partial charge < -0.3 is 10.4 Å². The molecule has 2 N–H and O–H groups in total. The van der Waals surface area contributed by atoms with Crippen molar-refractivity contribution in [2.24, 2.45) is 5.41 Å². The minimum absolute atomic E-state index is 0.0145. The number of benzene rings is 1. The van der Waals surface area contributed by atoms with Crippen molar-refractivity contribution >= 4 is 32.3 Å². The van der Waals surface area contributed by atoms with Crippen molar-refractivity contribution in [2.45, 2.75) is 40.2 Å². The number of ketones is 1. The molecule has 1 aliphatic rings. The van der Waals surface area contributed by atoms with Crippen molar-refractivity contribution in [1.82, 2.24) is 14.8 Å². The van der Waals surface area contributed by atoms with E-state index in [4.69, 9.17) is 5.10 Å². The Morgan fingerprint density at radius 2 is 2.00 bits per heavy atom. The Morgan fingerprint density at radius 3 is 2.58 bits per heavy atom. The van der Waals surface area contributed by atoms with Gasteiger partial charge in [-0.3, -0.25) is 14.5 Å². The van der Waals surface area contributed by atoms with E-state index in [0.717, 1.165) is 0 Å². The number of phenolic OH excluding ortho intramolecular Hbond substituents is 1. The summed E-state index contributed by atoms with van der Waals surface area (Å²) in [5.74, 6) is 0.00991. The molecule has 8 nitrogen and oxygen atoms in total. The largest absolute Gasteiger partial charge is 0.506 e. The molecule has 2 aromatic heterocycles. The number of aromatic hydroxyl groups is 1. The molecule has 0 atom stereocenters. The van der Waals surface area contributed by atoms with E-state index in [1.807, 2.05) is 26.8 Å². The number of fused-ring (bicyclic) bond motifs is 1. The summed E-state index contributed by atoms with van der Waals surface area (Å²) in [6.45, 7) is 11.4. The SMILES string of the molecule is C=C(C)Nc1ccc(-c2nn(C(C)C)c3cc(C(=O)CC4(C)CS(=O)(=O)C4)cnc23)cc1O. The van der Waals surface area contributed by atoms with Gasteiger partial charge >= 0.3 is 0 Å². The smallest absolute Gasteiger partial charge is 0.165 e. The average molecular weight is 469 g/mol. The molecule has 0 unspecified atom stereocenters. The Kier molecular flexibility index (Phi) is 5.56. The predicted octanol–water partition coefficient (Wildman–Crippen LogP) is 4.34. The molecule has 0 spiro atoms. The minimum atomic E-state index is -3.02. The van der Waals surface area contributed by atoms with Crippen LogP contribution < -0.4 is 5.32 Å². The lowest BCUT2D eigenvalue weighted by atomic mass is 9.86. The van der Waals surface area contributed by atoms with E-state index in [-0.39, 0.29) is 35.5 Å². The standard InChI is InChI=1S/C24H28N4O4S/c1-14(2)26-18-7-6-16(9-20(18)29)22-23-19(28(27-22)15(3)4)8-17(11-25-23)21(30)10-24(5)12-33(31,32)13-24/h6-9,11,15,26,29H,1,10,12-13H2,2-5H3. The number of carbonyl (C=O) groups excluding carboxylic acids is 1. The van der Waals surface area contributed by atoms with E-state index in [1.165, 1.54) is 6.20 Å². The van der Waals surface area contributed by atoms with E-state index in [9.17, 15) is 18.3 Å². The van der Waals surface area contributed by atoms with Crippen molar-refractivity contribution in [1.29, 1.82) is 0 Å². The predicted molar refractivity (Wildman–Crippen MR) is 129 cm³/mol. The second-order valence-electron chi connectivity index (χ2n) is 9.56. The average Bonchev–Trinajstić information content (AvgIpc) is 3.06. The number of carbonyl (C=O) groups is 1. The molecule has 33 heavy (non-hydrogen) atoms. The topological polar surface area (TPSA) is 114 Å². The highest BCUT2D eigenvalue weighted by atomic mass is 32.2. The van der Waals surface area contributed by atoms with Crippen LogP contribution in [0.3, 0.4) is 0 Å². The zero-order valence-electron chi connectivity index (χ0n) is 19.2. The zero-order chi connectivity index (χ0) is 24.1. The number of aromatic nitrogens is 3. The third-order valence-corrected chi connectivity index (χ3v) is 7.97. The fraction of sp³-hybridized carbons (Fsp3) is 0.375. The fourth-order valence-corrected chi connectivity index (χ4v) is 6.63. The maximum absolute atomic E-state index is 12.9. The first-order valence-corrected chi connectivity index (χ1v) is 12.6. The van der Waals surface area contributed by atoms with Crippen LogP contribution in [-0.4, -0.2) is 45.6 Å². The van der Waals surface area contributed by atoms with Crippen molar-refractivity contribution in [3.05, 3.63) is 48.3 Å². The summed E-state index contributed by atoms with van der Waals surface area (Å²) in [6, 6.07) is 7.01. The number of rotatable bonds is 7. The number of pyridine rings is 1. The quantitative estimate of drug-likeness (QED) is 0.392. The molecule has 0 bridgehead atoms. The van der Waals surface area contributed by atoms with Gasteiger partial charge in [-0.1, -0.05) is 19.6 Å². The summed E-state index contributed by atoms with van der Waals surface area (Å²) in [6.07, 6.45) is 1.68. The molecule has 0 radical (unpaired) electrons. The van der Waals surface area contributed by atoms with Crippen molar-refractivity contribution in [2.75, 3.05) is 16.8 Å². The van der Waals surface area contributed by atoms with E-state index < -0.39 is 15.3 Å². The van der Waals surface area contributed by atoms with Crippen LogP contribution in [0.4, 0.5) is 5.69 Å². The highest BCUT2D eigenvalue weighted by Gasteiger charge is 2.45. The Bertz CT molecular complexity index is 1380. The number of Topliss-reactive ketones (excluding diaryl/α,β-unsaturated/α-hetero) is 1. The zero-order valence-corrected chi connectivity index (χ0v) is 20.0. The molecule has 3 aromatic rings. The monoisotopic (exact) mass is 468 g/mol. The molecular weight excluding hydrogens is 440 g/mol. The summed E-state index contributed by atoms with van der Waals surface area (Å²) in [4.78, 5) is 17.5. The number of phenols is 1. The van der Waals surface area contributed by atoms with Gasteiger partial charge in [0.05, 0.1) is 22.7 Å². The summed E-state index contributed by atoms with van der Waals surface area (Å²) in [5.41, 5.74) is 3.80. The van der Waals surface area contributed by atoms with Gasteiger partial charge in [-0.15, -0.1) is 0 Å². The van der Waals surface area contributed by atoms with Crippen LogP contribution >= 0.6 is 0 Å². The van der Waals surface area contributed by atoms with Gasteiger partial charge in [0, 0.05) is 40.9 Å². The normalized spacial score (nSPS) is 16.5. The summed E-state index contributed by atoms with van der Waals surface area (Å²) >= 11 is 0. The van der Waals surface area contributed by atoms with Crippen LogP contribution in [0.2, 0.25) is 0 Å². The molecule has 1 aliphatic heterocycles. The van der Waals surface area contributed by atoms with Gasteiger partial charge in [-0.25, -0.2) is 8.42 Å². The van der Waals surface area contributed by atoms with E-state index in [2.05, 4.69) is 16.9 Å². The van der Waals surface area contributed by atoms with Gasteiger partial charge in [0.1, 0.15) is 17.0 Å². The molecule has 4 rings (SSSR count). The third kappa shape index (κ3) is 4.50. The second-order valence-corrected chi connectivity index (χ2v) is 11.6. The third-order valence-electron chi connectivity index (χ3n) is 5.70. The van der Waals surface area contributed by atoms with E-state index in [0.29, 0.717) is 39.2 Å². The second kappa shape index (κ2) is 7.98. The lowest BCUT2D eigenvalue weighted by Gasteiger charge is -2.37. The number of hydrogen-bond donors (Lipinski definition) is 2. The van der Waals surface area contributed by atoms with Crippen LogP contribution in [0, 0.1) is 5.41 Å². The van der Waals surface area contributed by atoms with Crippen LogP contribution in [0.25, 0.3) is 22.3 Å². The highest BCUT2D eigenvalue weighted by molar-refractivity contribution is 7.92. The Balaban J connectivity index is 1.71. The van der Waals surface area contributed by atoms with Gasteiger partial charge in [0.15, 0.2) is 15.6 Å². The molecule has 3 heterocycles. The number of hydrogen-bond acceptors (Lipinski definition) is 7. The summed E-state index contributed by atoms with van der Waals surface area (Å²) in [5, 5.41) is 18.2. The summed E-state index contributed by atoms with van der Waals surface area (Å²) in [7, 11) is -3.02. The molecule has 0 amide bonds. The fourth-order valence-electron chi connectivity index (χ4n) is 4.39. The number of sulfone groups is 1. The Labute approximate surface area is 193 Å². The molecule has 1 aromatic carbocycles. The molecule has 0 aliphatic carbocycles. The molecular formula is C24H28N4O4S. The Hall–Kier alpha value is -3.20. The molecule has 1 fully saturated rings. The number of nitrogens with zero attached hydrogens (tertiary/aromatic N) is 3. The first-order valence-electron chi connectivity index (χ1n) is 10.8. The molecule has 174 valence electrons. The van der Waals surface area contributed by atoms with Crippen LogP contribution in [0.1, 0.15) is 50.5 Å². The number of anilines is 1. The maximum Gasteiger partial charge on any atom is 0.165 e. The highest BCUT2D eigenvalue weighted by Crippen LogP contribution is 2.38. The van der Waals surface area contributed by atoms with Crippen molar-refractivity contribution in [3.63, 3.8) is 0 Å². The maximum atomic E-state index is 12.9. The van der Waals surface area contributed by atoms with E-state index >= 15 is 0 Å². The number of allylic oxidation sites excluding steroid dienone is 1. The van der Waals surface area contributed by atoms with Crippen LogP contribution in [0.5, 0.6) is 5.75 Å². The van der Waals surface area contributed by atoms with Crippen molar-refractivity contribution < 1.29 is 18.3 Å². The lowest BCUT2D eigenvalue weighted by molar-refractivity contribution is 0.0936. The molecule has 9 heteroatoms. The van der Waals surface area contributed by atoms with Gasteiger partial charge in [-0.05, 0) is 39.0 Å². The van der Waals surface area contributed by atoms with Gasteiger partial charge in [0.2, 0.25) is 0 Å².